The highest BCUT2D eigenvalue weighted by Crippen LogP contribution is 2.61. The molecule has 0 bridgehead atoms. The predicted molar refractivity (Wildman–Crippen MR) is 89.5 cm³/mol. The molecular weight excluding hydrogens is 261 g/mol. The van der Waals surface area contributed by atoms with E-state index in [9.17, 15) is 0 Å². The number of hydrogen-bond acceptors (Lipinski definition) is 1. The van der Waals surface area contributed by atoms with Gasteiger partial charge in [0.15, 0.2) is 0 Å². The van der Waals surface area contributed by atoms with Crippen LogP contribution in [0.5, 0.6) is 0 Å². The average molecular weight is 283 g/mol. The molecule has 0 radical (unpaired) electrons. The molecule has 0 saturated carbocycles. The van der Waals surface area contributed by atoms with Gasteiger partial charge in [-0.05, 0) is 50.1 Å². The third kappa shape index (κ3) is 2.10. The number of rotatable bonds is 4. The van der Waals surface area contributed by atoms with Crippen molar-refractivity contribution in [2.45, 2.75) is 19.5 Å². The standard InChI is InChI=1S/C18H22NP/c1-4-19(5-2)20(3)18-16-12-8-6-10-14(16)15-11-7-9-13-17(15)18/h6-13,18H,4-5H2,1-3H3. The zero-order chi connectivity index (χ0) is 14.1. The third-order valence-corrected chi connectivity index (χ3v) is 7.11. The van der Waals surface area contributed by atoms with Crippen LogP contribution < -0.4 is 0 Å². The van der Waals surface area contributed by atoms with Gasteiger partial charge in [-0.2, -0.15) is 0 Å². The third-order valence-electron chi connectivity index (χ3n) is 4.35. The summed E-state index contributed by atoms with van der Waals surface area (Å²) in [5.74, 6) is 0. The molecule has 0 N–H and O–H groups in total. The molecule has 0 fully saturated rings. The van der Waals surface area contributed by atoms with Crippen LogP contribution in [0, 0.1) is 0 Å². The van der Waals surface area contributed by atoms with E-state index in [2.05, 4.69) is 73.7 Å². The predicted octanol–water partition coefficient (Wildman–Crippen LogP) is 5.12. The Labute approximate surface area is 123 Å². The second-order valence-corrected chi connectivity index (χ2v) is 7.52. The summed E-state index contributed by atoms with van der Waals surface area (Å²) in [4.78, 5) is 0. The van der Waals surface area contributed by atoms with Crippen LogP contribution in [0.1, 0.15) is 30.6 Å². The summed E-state index contributed by atoms with van der Waals surface area (Å²) in [5.41, 5.74) is 6.49. The Kier molecular flexibility index (Phi) is 3.92. The van der Waals surface area contributed by atoms with Crippen LogP contribution in [-0.2, 0) is 0 Å². The van der Waals surface area contributed by atoms with Crippen LogP contribution in [-0.4, -0.2) is 24.4 Å². The second-order valence-electron chi connectivity index (χ2n) is 5.29. The first kappa shape index (κ1) is 13.8. The van der Waals surface area contributed by atoms with E-state index in [1.807, 2.05) is 0 Å². The van der Waals surface area contributed by atoms with E-state index >= 15 is 0 Å². The average Bonchev–Trinajstić information content (AvgIpc) is 2.83. The van der Waals surface area contributed by atoms with Gasteiger partial charge < -0.3 is 0 Å². The quantitative estimate of drug-likeness (QED) is 0.703. The minimum Gasteiger partial charge on any atom is -0.282 e. The zero-order valence-corrected chi connectivity index (χ0v) is 13.4. The van der Waals surface area contributed by atoms with Crippen molar-refractivity contribution in [3.8, 4) is 11.1 Å². The lowest BCUT2D eigenvalue weighted by Crippen LogP contribution is -2.19. The highest BCUT2D eigenvalue weighted by molar-refractivity contribution is 7.55. The lowest BCUT2D eigenvalue weighted by Gasteiger charge is -2.32. The van der Waals surface area contributed by atoms with Crippen LogP contribution in [0.2, 0.25) is 0 Å². The van der Waals surface area contributed by atoms with Crippen molar-refractivity contribution in [2.75, 3.05) is 19.8 Å². The molecule has 1 nitrogen and oxygen atoms in total. The maximum atomic E-state index is 2.62. The Balaban J connectivity index is 2.11. The summed E-state index contributed by atoms with van der Waals surface area (Å²) in [6, 6.07) is 17.9. The summed E-state index contributed by atoms with van der Waals surface area (Å²) < 4.78 is 2.62. The largest absolute Gasteiger partial charge is 0.282 e. The summed E-state index contributed by atoms with van der Waals surface area (Å²) >= 11 is 0. The highest BCUT2D eigenvalue weighted by Gasteiger charge is 2.33. The molecule has 0 heterocycles. The van der Waals surface area contributed by atoms with Gasteiger partial charge in [0, 0.05) is 5.66 Å². The molecule has 0 aromatic heterocycles. The van der Waals surface area contributed by atoms with E-state index in [4.69, 9.17) is 0 Å². The molecule has 3 rings (SSSR count). The van der Waals surface area contributed by atoms with Crippen LogP contribution >= 0.6 is 8.07 Å². The van der Waals surface area contributed by atoms with Gasteiger partial charge in [0.05, 0.1) is 0 Å². The fourth-order valence-electron chi connectivity index (χ4n) is 3.36. The number of nitrogens with zero attached hydrogens (tertiary/aromatic N) is 1. The van der Waals surface area contributed by atoms with Gasteiger partial charge in [-0.3, -0.25) is 4.67 Å². The van der Waals surface area contributed by atoms with Gasteiger partial charge in [0.2, 0.25) is 0 Å². The molecule has 0 aliphatic heterocycles. The molecule has 2 aromatic rings. The highest BCUT2D eigenvalue weighted by atomic mass is 31.1. The molecule has 1 atom stereocenters. The molecule has 0 spiro atoms. The van der Waals surface area contributed by atoms with Crippen LogP contribution in [0.3, 0.4) is 0 Å². The molecular formula is C18H22NP. The topological polar surface area (TPSA) is 3.24 Å². The van der Waals surface area contributed by atoms with E-state index < -0.39 is 0 Å². The first-order valence-electron chi connectivity index (χ1n) is 7.43. The Morgan fingerprint density at radius 1 is 0.850 bits per heavy atom. The maximum absolute atomic E-state index is 2.62. The van der Waals surface area contributed by atoms with E-state index in [0.717, 1.165) is 13.1 Å². The maximum Gasteiger partial charge on any atom is 0.0433 e. The fraction of sp³-hybridized carbons (Fsp3) is 0.333. The summed E-state index contributed by atoms with van der Waals surface area (Å²) in [5, 5.41) is 0. The van der Waals surface area contributed by atoms with E-state index in [1.165, 1.54) is 22.3 Å². The molecule has 104 valence electrons. The van der Waals surface area contributed by atoms with E-state index in [-0.39, 0.29) is 8.07 Å². The summed E-state index contributed by atoms with van der Waals surface area (Å²) in [6.07, 6.45) is 0. The van der Waals surface area contributed by atoms with E-state index in [1.54, 1.807) is 0 Å². The molecule has 1 aliphatic rings. The van der Waals surface area contributed by atoms with Crippen LogP contribution in [0.25, 0.3) is 11.1 Å². The van der Waals surface area contributed by atoms with Gasteiger partial charge in [0.25, 0.3) is 0 Å². The molecule has 2 aromatic carbocycles. The molecule has 2 heteroatoms. The van der Waals surface area contributed by atoms with Crippen molar-refractivity contribution in [3.05, 3.63) is 59.7 Å². The Morgan fingerprint density at radius 3 is 1.75 bits per heavy atom. The molecule has 1 aliphatic carbocycles. The monoisotopic (exact) mass is 283 g/mol. The van der Waals surface area contributed by atoms with Gasteiger partial charge in [-0.1, -0.05) is 62.4 Å². The van der Waals surface area contributed by atoms with Crippen LogP contribution in [0.4, 0.5) is 0 Å². The molecule has 0 saturated heterocycles. The van der Waals surface area contributed by atoms with Gasteiger partial charge in [0.1, 0.15) is 0 Å². The Hall–Kier alpha value is -1.17. The number of fused-ring (bicyclic) bond motifs is 3. The smallest absolute Gasteiger partial charge is 0.0433 e. The SMILES string of the molecule is CCN(CC)P(C)C1c2ccccc2-c2ccccc21. The van der Waals surface area contributed by atoms with Gasteiger partial charge >= 0.3 is 0 Å². The number of benzene rings is 2. The van der Waals surface area contributed by atoms with Crippen molar-refractivity contribution in [3.63, 3.8) is 0 Å². The van der Waals surface area contributed by atoms with Crippen molar-refractivity contribution in [2.24, 2.45) is 0 Å². The number of hydrogen-bond donors (Lipinski definition) is 0. The first-order chi connectivity index (χ1) is 9.77. The van der Waals surface area contributed by atoms with Gasteiger partial charge in [-0.25, -0.2) is 0 Å². The van der Waals surface area contributed by atoms with Crippen molar-refractivity contribution in [1.29, 1.82) is 0 Å². The molecule has 20 heavy (non-hydrogen) atoms. The normalized spacial score (nSPS) is 15.2. The molecule has 1 unspecified atom stereocenters. The lowest BCUT2D eigenvalue weighted by molar-refractivity contribution is 0.504. The first-order valence-corrected chi connectivity index (χ1v) is 9.24. The van der Waals surface area contributed by atoms with Crippen molar-refractivity contribution < 1.29 is 0 Å². The molecule has 0 amide bonds. The Morgan fingerprint density at radius 2 is 1.30 bits per heavy atom. The Bertz CT molecular complexity index is 558. The minimum atomic E-state index is -0.185. The summed E-state index contributed by atoms with van der Waals surface area (Å²) in [6.45, 7) is 9.26. The van der Waals surface area contributed by atoms with Gasteiger partial charge in [-0.15, -0.1) is 0 Å². The second kappa shape index (κ2) is 5.68. The summed E-state index contributed by atoms with van der Waals surface area (Å²) in [7, 11) is -0.185. The van der Waals surface area contributed by atoms with E-state index in [0.29, 0.717) is 5.66 Å². The minimum absolute atomic E-state index is 0.185. The van der Waals surface area contributed by atoms with Crippen LogP contribution in [0.15, 0.2) is 48.5 Å². The van der Waals surface area contributed by atoms with Crippen molar-refractivity contribution in [1.82, 2.24) is 4.67 Å². The fourth-order valence-corrected chi connectivity index (χ4v) is 5.84. The van der Waals surface area contributed by atoms with Crippen molar-refractivity contribution >= 4 is 8.07 Å². The zero-order valence-electron chi connectivity index (χ0n) is 12.5. The lowest BCUT2D eigenvalue weighted by atomic mass is 10.1.